The van der Waals surface area contributed by atoms with Gasteiger partial charge < -0.3 is 18.6 Å². The van der Waals surface area contributed by atoms with Gasteiger partial charge >= 0.3 is 0 Å². The molecule has 0 saturated carbocycles. The van der Waals surface area contributed by atoms with E-state index in [4.69, 9.17) is 13.8 Å². The first-order valence-corrected chi connectivity index (χ1v) is 10.1. The third kappa shape index (κ3) is 3.68. The van der Waals surface area contributed by atoms with Crippen LogP contribution in [-0.4, -0.2) is 51.9 Å². The Morgan fingerprint density at radius 1 is 0.935 bits per heavy atom. The van der Waals surface area contributed by atoms with E-state index in [2.05, 4.69) is 14.9 Å². The SMILES string of the molecule is Cc1occc1-c1nc(N2CCN(C(=O)c3ccco3)CC2)ncc1-c1ccccn1. The topological polar surface area (TPSA) is 88.5 Å². The first kappa shape index (κ1) is 19.0. The fourth-order valence-electron chi connectivity index (χ4n) is 3.74. The van der Waals surface area contributed by atoms with E-state index in [1.807, 2.05) is 37.4 Å². The third-order valence-electron chi connectivity index (χ3n) is 5.41. The van der Waals surface area contributed by atoms with Crippen LogP contribution in [0.25, 0.3) is 22.5 Å². The zero-order valence-corrected chi connectivity index (χ0v) is 17.1. The number of aromatic nitrogens is 3. The Hall–Kier alpha value is -3.94. The van der Waals surface area contributed by atoms with Gasteiger partial charge in [-0.1, -0.05) is 6.07 Å². The molecule has 5 rings (SSSR count). The molecule has 0 aromatic carbocycles. The Bertz CT molecular complexity index is 1180. The van der Waals surface area contributed by atoms with Crippen molar-refractivity contribution in [3.05, 3.63) is 72.8 Å². The molecule has 0 N–H and O–H groups in total. The molecule has 1 saturated heterocycles. The molecule has 0 atom stereocenters. The minimum Gasteiger partial charge on any atom is -0.469 e. The van der Waals surface area contributed by atoms with Crippen LogP contribution < -0.4 is 4.90 Å². The second kappa shape index (κ2) is 8.06. The van der Waals surface area contributed by atoms with Crippen molar-refractivity contribution in [1.82, 2.24) is 19.9 Å². The highest BCUT2D eigenvalue weighted by Gasteiger charge is 2.26. The van der Waals surface area contributed by atoms with E-state index >= 15 is 0 Å². The summed E-state index contributed by atoms with van der Waals surface area (Å²) >= 11 is 0. The zero-order chi connectivity index (χ0) is 21.2. The summed E-state index contributed by atoms with van der Waals surface area (Å²) in [4.78, 5) is 30.4. The minimum atomic E-state index is -0.0919. The predicted molar refractivity (Wildman–Crippen MR) is 115 cm³/mol. The number of hydrogen-bond acceptors (Lipinski definition) is 7. The van der Waals surface area contributed by atoms with E-state index in [0.717, 1.165) is 28.3 Å². The van der Waals surface area contributed by atoms with Crippen LogP contribution in [0.5, 0.6) is 0 Å². The molecule has 8 nitrogen and oxygen atoms in total. The molecule has 4 aromatic rings. The number of hydrogen-bond donors (Lipinski definition) is 0. The lowest BCUT2D eigenvalue weighted by Crippen LogP contribution is -2.49. The van der Waals surface area contributed by atoms with Crippen LogP contribution in [-0.2, 0) is 0 Å². The van der Waals surface area contributed by atoms with E-state index < -0.39 is 0 Å². The molecule has 4 aromatic heterocycles. The van der Waals surface area contributed by atoms with Crippen molar-refractivity contribution in [2.45, 2.75) is 6.92 Å². The van der Waals surface area contributed by atoms with Gasteiger partial charge in [0.15, 0.2) is 5.76 Å². The number of rotatable bonds is 4. The van der Waals surface area contributed by atoms with Gasteiger partial charge in [0, 0.05) is 49.7 Å². The molecule has 156 valence electrons. The summed E-state index contributed by atoms with van der Waals surface area (Å²) in [6.45, 7) is 4.34. The molecular formula is C23H21N5O3. The lowest BCUT2D eigenvalue weighted by molar-refractivity contribution is 0.0714. The molecule has 0 unspecified atom stereocenters. The highest BCUT2D eigenvalue weighted by atomic mass is 16.3. The molecule has 1 fully saturated rings. The highest BCUT2D eigenvalue weighted by molar-refractivity contribution is 5.91. The van der Waals surface area contributed by atoms with Crippen molar-refractivity contribution in [2.24, 2.45) is 0 Å². The molecule has 31 heavy (non-hydrogen) atoms. The number of carbonyl (C=O) groups excluding carboxylic acids is 1. The van der Waals surface area contributed by atoms with Crippen molar-refractivity contribution in [3.8, 4) is 22.5 Å². The summed E-state index contributed by atoms with van der Waals surface area (Å²) < 4.78 is 10.8. The van der Waals surface area contributed by atoms with Gasteiger partial charge in [-0.3, -0.25) is 9.78 Å². The summed E-state index contributed by atoms with van der Waals surface area (Å²) in [5.41, 5.74) is 3.35. The van der Waals surface area contributed by atoms with Gasteiger partial charge in [0.25, 0.3) is 5.91 Å². The molecule has 1 aliphatic heterocycles. The van der Waals surface area contributed by atoms with Crippen molar-refractivity contribution in [3.63, 3.8) is 0 Å². The molecule has 5 heterocycles. The van der Waals surface area contributed by atoms with Gasteiger partial charge in [-0.05, 0) is 37.3 Å². The van der Waals surface area contributed by atoms with Crippen LogP contribution in [0.3, 0.4) is 0 Å². The monoisotopic (exact) mass is 415 g/mol. The van der Waals surface area contributed by atoms with Gasteiger partial charge in [-0.2, -0.15) is 0 Å². The first-order chi connectivity index (χ1) is 15.2. The molecule has 1 amide bonds. The van der Waals surface area contributed by atoms with Gasteiger partial charge in [0.2, 0.25) is 5.95 Å². The Kier molecular flexibility index (Phi) is 4.95. The summed E-state index contributed by atoms with van der Waals surface area (Å²) in [5, 5.41) is 0. The zero-order valence-electron chi connectivity index (χ0n) is 17.1. The maximum atomic E-state index is 12.5. The van der Waals surface area contributed by atoms with Crippen molar-refractivity contribution in [2.75, 3.05) is 31.1 Å². The second-order valence-corrected chi connectivity index (χ2v) is 7.29. The summed E-state index contributed by atoms with van der Waals surface area (Å²) in [6.07, 6.45) is 6.74. The van der Waals surface area contributed by atoms with Crippen LogP contribution in [0.2, 0.25) is 0 Å². The Balaban J connectivity index is 1.42. The molecule has 1 aliphatic rings. The number of amides is 1. The quantitative estimate of drug-likeness (QED) is 0.502. The fourth-order valence-corrected chi connectivity index (χ4v) is 3.74. The van der Waals surface area contributed by atoms with Gasteiger partial charge in [-0.25, -0.2) is 9.97 Å². The van der Waals surface area contributed by atoms with Gasteiger partial charge in [0.05, 0.1) is 23.9 Å². The average Bonchev–Trinajstić information content (AvgIpc) is 3.51. The number of furan rings is 2. The lowest BCUT2D eigenvalue weighted by Gasteiger charge is -2.34. The van der Waals surface area contributed by atoms with Crippen LogP contribution in [0.15, 0.2) is 70.2 Å². The van der Waals surface area contributed by atoms with Gasteiger partial charge in [-0.15, -0.1) is 0 Å². The maximum Gasteiger partial charge on any atom is 0.289 e. The molecule has 8 heteroatoms. The predicted octanol–water partition coefficient (Wildman–Crippen LogP) is 3.66. The first-order valence-electron chi connectivity index (χ1n) is 10.1. The lowest BCUT2D eigenvalue weighted by atomic mass is 10.1. The number of nitrogens with zero attached hydrogens (tertiary/aromatic N) is 5. The van der Waals surface area contributed by atoms with E-state index in [1.165, 1.54) is 6.26 Å². The van der Waals surface area contributed by atoms with Crippen LogP contribution >= 0.6 is 0 Å². The normalized spacial score (nSPS) is 14.1. The maximum absolute atomic E-state index is 12.5. The molecule has 0 aliphatic carbocycles. The van der Waals surface area contributed by atoms with E-state index in [1.54, 1.807) is 29.5 Å². The van der Waals surface area contributed by atoms with Crippen LogP contribution in [0, 0.1) is 6.92 Å². The minimum absolute atomic E-state index is 0.0919. The largest absolute Gasteiger partial charge is 0.469 e. The Morgan fingerprint density at radius 2 is 1.81 bits per heavy atom. The van der Waals surface area contributed by atoms with Crippen molar-refractivity contribution >= 4 is 11.9 Å². The number of carbonyl (C=O) groups is 1. The van der Waals surface area contributed by atoms with Crippen LogP contribution in [0.4, 0.5) is 5.95 Å². The summed E-state index contributed by atoms with van der Waals surface area (Å²) in [7, 11) is 0. The summed E-state index contributed by atoms with van der Waals surface area (Å²) in [5.74, 6) is 1.68. The number of piperazine rings is 1. The molecular weight excluding hydrogens is 394 g/mol. The highest BCUT2D eigenvalue weighted by Crippen LogP contribution is 2.33. The fraction of sp³-hybridized carbons (Fsp3) is 0.217. The molecule has 0 radical (unpaired) electrons. The number of pyridine rings is 1. The molecule has 0 spiro atoms. The van der Waals surface area contributed by atoms with Crippen molar-refractivity contribution < 1.29 is 13.6 Å². The smallest absolute Gasteiger partial charge is 0.289 e. The average molecular weight is 415 g/mol. The molecule has 0 bridgehead atoms. The van der Waals surface area contributed by atoms with Crippen LogP contribution in [0.1, 0.15) is 16.3 Å². The Morgan fingerprint density at radius 3 is 2.48 bits per heavy atom. The summed E-state index contributed by atoms with van der Waals surface area (Å²) in [6, 6.07) is 11.1. The number of anilines is 1. The second-order valence-electron chi connectivity index (χ2n) is 7.29. The standard InChI is InChI=1S/C23H21N5O3/c1-16-17(7-14-30-16)21-18(19-5-2-3-8-24-19)15-25-23(26-21)28-11-9-27(10-12-28)22(29)20-6-4-13-31-20/h2-8,13-15H,9-12H2,1H3. The van der Waals surface area contributed by atoms with Crippen molar-refractivity contribution in [1.29, 1.82) is 0 Å². The van der Waals surface area contributed by atoms with E-state index in [0.29, 0.717) is 37.9 Å². The van der Waals surface area contributed by atoms with E-state index in [-0.39, 0.29) is 5.91 Å². The third-order valence-corrected chi connectivity index (χ3v) is 5.41. The number of aryl methyl sites for hydroxylation is 1. The Labute approximate surface area is 179 Å². The van der Waals surface area contributed by atoms with Gasteiger partial charge in [0.1, 0.15) is 5.76 Å². The van der Waals surface area contributed by atoms with E-state index in [9.17, 15) is 4.79 Å².